The van der Waals surface area contributed by atoms with Crippen molar-refractivity contribution in [2.24, 2.45) is 4.99 Å². The van der Waals surface area contributed by atoms with E-state index in [0.29, 0.717) is 26.6 Å². The summed E-state index contributed by atoms with van der Waals surface area (Å²) in [4.78, 5) is 4.46. The fraction of sp³-hybridized carbons (Fsp3) is 0.235. The molecule has 0 aliphatic carbocycles. The SMILES string of the molecule is COc1cc(C2=NCCS2)cc(Cl)c1OCc1ccc(Cl)cc1Cl. The first-order valence-corrected chi connectivity index (χ1v) is 9.32. The van der Waals surface area contributed by atoms with E-state index in [0.717, 1.165) is 28.5 Å². The minimum absolute atomic E-state index is 0.265. The molecule has 0 saturated carbocycles. The molecule has 2 aromatic rings. The van der Waals surface area contributed by atoms with E-state index in [2.05, 4.69) is 4.99 Å². The summed E-state index contributed by atoms with van der Waals surface area (Å²) in [6.45, 7) is 1.09. The van der Waals surface area contributed by atoms with Gasteiger partial charge in [-0.15, -0.1) is 11.8 Å². The van der Waals surface area contributed by atoms with Crippen LogP contribution in [0.5, 0.6) is 11.5 Å². The van der Waals surface area contributed by atoms with Gasteiger partial charge < -0.3 is 9.47 Å². The molecule has 3 rings (SSSR count). The van der Waals surface area contributed by atoms with E-state index in [1.54, 1.807) is 31.0 Å². The molecular formula is C17H14Cl3NO2S. The molecule has 7 heteroatoms. The number of benzene rings is 2. The van der Waals surface area contributed by atoms with Crippen LogP contribution < -0.4 is 9.47 Å². The van der Waals surface area contributed by atoms with Gasteiger partial charge in [0, 0.05) is 33.5 Å². The first-order chi connectivity index (χ1) is 11.6. The smallest absolute Gasteiger partial charge is 0.180 e. The highest BCUT2D eigenvalue weighted by atomic mass is 35.5. The summed E-state index contributed by atoms with van der Waals surface area (Å²) in [6.07, 6.45) is 0. The number of halogens is 3. The maximum atomic E-state index is 6.40. The summed E-state index contributed by atoms with van der Waals surface area (Å²) < 4.78 is 11.3. The molecule has 0 saturated heterocycles. The fourth-order valence-electron chi connectivity index (χ4n) is 2.28. The second-order valence-electron chi connectivity index (χ2n) is 5.05. The van der Waals surface area contributed by atoms with Gasteiger partial charge in [-0.25, -0.2) is 0 Å². The quantitative estimate of drug-likeness (QED) is 0.640. The van der Waals surface area contributed by atoms with Gasteiger partial charge in [-0.05, 0) is 24.3 Å². The molecule has 0 fully saturated rings. The summed E-state index contributed by atoms with van der Waals surface area (Å²) in [5.74, 6) is 2.04. The van der Waals surface area contributed by atoms with Gasteiger partial charge in [-0.2, -0.15) is 0 Å². The predicted molar refractivity (Wildman–Crippen MR) is 103 cm³/mol. The lowest BCUT2D eigenvalue weighted by atomic mass is 10.2. The van der Waals surface area contributed by atoms with Crippen LogP contribution in [0.2, 0.25) is 15.1 Å². The van der Waals surface area contributed by atoms with E-state index in [1.807, 2.05) is 18.2 Å². The number of methoxy groups -OCH3 is 1. The van der Waals surface area contributed by atoms with Crippen LogP contribution in [0.3, 0.4) is 0 Å². The second kappa shape index (κ2) is 7.87. The molecule has 0 atom stereocenters. The van der Waals surface area contributed by atoms with Gasteiger partial charge >= 0.3 is 0 Å². The molecule has 1 aliphatic rings. The van der Waals surface area contributed by atoms with Gasteiger partial charge in [-0.3, -0.25) is 4.99 Å². The molecule has 24 heavy (non-hydrogen) atoms. The Hall–Kier alpha value is -1.07. The van der Waals surface area contributed by atoms with Crippen molar-refractivity contribution < 1.29 is 9.47 Å². The minimum atomic E-state index is 0.265. The number of hydrogen-bond acceptors (Lipinski definition) is 4. The van der Waals surface area contributed by atoms with Gasteiger partial charge in [0.1, 0.15) is 6.61 Å². The third-order valence-corrected chi connectivity index (χ3v) is 5.34. The van der Waals surface area contributed by atoms with E-state index < -0.39 is 0 Å². The summed E-state index contributed by atoms with van der Waals surface area (Å²) in [7, 11) is 1.58. The lowest BCUT2D eigenvalue weighted by Gasteiger charge is -2.15. The molecule has 3 nitrogen and oxygen atoms in total. The van der Waals surface area contributed by atoms with Crippen molar-refractivity contribution in [2.45, 2.75) is 6.61 Å². The lowest BCUT2D eigenvalue weighted by molar-refractivity contribution is 0.285. The summed E-state index contributed by atoms with van der Waals surface area (Å²) in [5, 5.41) is 2.58. The van der Waals surface area contributed by atoms with Crippen LogP contribution in [0.4, 0.5) is 0 Å². The molecule has 0 unspecified atom stereocenters. The Morgan fingerprint density at radius 1 is 1.12 bits per heavy atom. The molecule has 126 valence electrons. The van der Waals surface area contributed by atoms with E-state index in [9.17, 15) is 0 Å². The number of aliphatic imine (C=N–C) groups is 1. The van der Waals surface area contributed by atoms with Crippen molar-refractivity contribution in [3.8, 4) is 11.5 Å². The standard InChI is InChI=1S/C17H14Cl3NO2S/c1-22-15-7-11(17-21-4-5-24-17)6-14(20)16(15)23-9-10-2-3-12(18)8-13(10)19/h2-3,6-8H,4-5,9H2,1H3. The number of thioether (sulfide) groups is 1. The van der Waals surface area contributed by atoms with E-state index in [1.165, 1.54) is 0 Å². The first kappa shape index (κ1) is 17.7. The summed E-state index contributed by atoms with van der Waals surface area (Å²) >= 11 is 20.2. The Bertz CT molecular complexity index is 796. The van der Waals surface area contributed by atoms with E-state index in [4.69, 9.17) is 44.3 Å². The normalized spacial score (nSPS) is 13.8. The maximum Gasteiger partial charge on any atom is 0.180 e. The molecule has 0 radical (unpaired) electrons. The van der Waals surface area contributed by atoms with Crippen LogP contribution in [0.25, 0.3) is 0 Å². The second-order valence-corrected chi connectivity index (χ2v) is 7.38. The van der Waals surface area contributed by atoms with Crippen molar-refractivity contribution >= 4 is 51.6 Å². The zero-order chi connectivity index (χ0) is 17.1. The van der Waals surface area contributed by atoms with Crippen LogP contribution in [0, 0.1) is 0 Å². The molecule has 2 aromatic carbocycles. The molecule has 1 aliphatic heterocycles. The summed E-state index contributed by atoms with van der Waals surface area (Å²) in [5.41, 5.74) is 1.76. The number of rotatable bonds is 5. The highest BCUT2D eigenvalue weighted by Gasteiger charge is 2.17. The van der Waals surface area contributed by atoms with Gasteiger partial charge in [0.05, 0.1) is 17.2 Å². The largest absolute Gasteiger partial charge is 0.493 e. The Morgan fingerprint density at radius 3 is 2.62 bits per heavy atom. The van der Waals surface area contributed by atoms with Gasteiger partial charge in [0.15, 0.2) is 11.5 Å². The Kier molecular flexibility index (Phi) is 5.82. The van der Waals surface area contributed by atoms with Gasteiger partial charge in [-0.1, -0.05) is 40.9 Å². The molecular weight excluding hydrogens is 389 g/mol. The maximum absolute atomic E-state index is 6.40. The van der Waals surface area contributed by atoms with Crippen LogP contribution >= 0.6 is 46.6 Å². The molecule has 0 bridgehead atoms. The van der Waals surface area contributed by atoms with Crippen molar-refractivity contribution in [2.75, 3.05) is 19.4 Å². The fourth-order valence-corrected chi connectivity index (χ4v) is 3.85. The Balaban J connectivity index is 1.84. The average molecular weight is 403 g/mol. The average Bonchev–Trinajstić information content (AvgIpc) is 3.09. The number of nitrogens with zero attached hydrogens (tertiary/aromatic N) is 1. The summed E-state index contributed by atoms with van der Waals surface area (Å²) in [6, 6.07) is 9.01. The lowest BCUT2D eigenvalue weighted by Crippen LogP contribution is -2.01. The number of hydrogen-bond donors (Lipinski definition) is 0. The molecule has 0 N–H and O–H groups in total. The van der Waals surface area contributed by atoms with Crippen molar-refractivity contribution in [3.05, 3.63) is 56.5 Å². The predicted octanol–water partition coefficient (Wildman–Crippen LogP) is 5.73. The van der Waals surface area contributed by atoms with Gasteiger partial charge in [0.2, 0.25) is 0 Å². The van der Waals surface area contributed by atoms with Crippen LogP contribution in [0.1, 0.15) is 11.1 Å². The Labute approximate surface area is 159 Å². The molecule has 0 spiro atoms. The van der Waals surface area contributed by atoms with E-state index >= 15 is 0 Å². The van der Waals surface area contributed by atoms with Crippen molar-refractivity contribution in [3.63, 3.8) is 0 Å². The van der Waals surface area contributed by atoms with Gasteiger partial charge in [0.25, 0.3) is 0 Å². The Morgan fingerprint density at radius 2 is 1.96 bits per heavy atom. The van der Waals surface area contributed by atoms with Crippen LogP contribution in [0.15, 0.2) is 35.3 Å². The molecule has 0 aromatic heterocycles. The number of ether oxygens (including phenoxy) is 2. The van der Waals surface area contributed by atoms with Crippen LogP contribution in [-0.2, 0) is 6.61 Å². The van der Waals surface area contributed by atoms with Crippen molar-refractivity contribution in [1.29, 1.82) is 0 Å². The minimum Gasteiger partial charge on any atom is -0.493 e. The molecule has 0 amide bonds. The topological polar surface area (TPSA) is 30.8 Å². The first-order valence-electron chi connectivity index (χ1n) is 7.20. The van der Waals surface area contributed by atoms with E-state index in [-0.39, 0.29) is 6.61 Å². The zero-order valence-electron chi connectivity index (χ0n) is 12.8. The highest BCUT2D eigenvalue weighted by Crippen LogP contribution is 2.38. The van der Waals surface area contributed by atoms with Crippen LogP contribution in [-0.4, -0.2) is 24.5 Å². The third kappa shape index (κ3) is 3.94. The molecule has 1 heterocycles. The zero-order valence-corrected chi connectivity index (χ0v) is 15.9. The highest BCUT2D eigenvalue weighted by molar-refractivity contribution is 8.14. The monoisotopic (exact) mass is 401 g/mol. The van der Waals surface area contributed by atoms with Crippen molar-refractivity contribution in [1.82, 2.24) is 0 Å². The third-order valence-electron chi connectivity index (χ3n) is 3.45.